The van der Waals surface area contributed by atoms with Crippen LogP contribution in [0, 0.1) is 5.92 Å². The van der Waals surface area contributed by atoms with Gasteiger partial charge in [-0.15, -0.1) is 0 Å². The molecule has 240 valence electrons. The molecule has 1 aromatic heterocycles. The molecule has 4 N–H and O–H groups in total. The number of carbonyl (C=O) groups is 2. The summed E-state index contributed by atoms with van der Waals surface area (Å²) in [4.78, 5) is 40.0. The van der Waals surface area contributed by atoms with Crippen LogP contribution in [-0.4, -0.2) is 57.0 Å². The number of aromatic amines is 1. The molecule has 0 aliphatic heterocycles. The lowest BCUT2D eigenvalue weighted by atomic mass is 9.86. The summed E-state index contributed by atoms with van der Waals surface area (Å²) in [5, 5.41) is 16.6. The predicted molar refractivity (Wildman–Crippen MR) is 182 cm³/mol. The molecule has 45 heavy (non-hydrogen) atoms. The molecule has 0 saturated heterocycles. The first kappa shape index (κ1) is 34.4. The number of aliphatic carboxylic acids is 1. The van der Waals surface area contributed by atoms with Crippen LogP contribution in [0.5, 0.6) is 0 Å². The molecule has 1 heterocycles. The molecule has 4 aromatic rings. The SMILES string of the molecule is CCC(C)C(CONC(CCSC)(C(=O)O)C(=O)CCc1ccccc1)NC(C)(Cc1ccc2ccccc2c1)c1cnc[nH]1. The first-order chi connectivity index (χ1) is 21.7. The van der Waals surface area contributed by atoms with Crippen LogP contribution in [0.1, 0.15) is 56.9 Å². The van der Waals surface area contributed by atoms with E-state index >= 15 is 0 Å². The number of carboxylic acids is 1. The summed E-state index contributed by atoms with van der Waals surface area (Å²) in [7, 11) is 0. The second kappa shape index (κ2) is 16.2. The maximum Gasteiger partial charge on any atom is 0.333 e. The number of Topliss-reactive ketones (excluding diaryl/α,β-unsaturated/α-hetero) is 1. The highest BCUT2D eigenvalue weighted by molar-refractivity contribution is 7.98. The topological polar surface area (TPSA) is 116 Å². The molecule has 0 amide bonds. The minimum absolute atomic E-state index is 0.0950. The van der Waals surface area contributed by atoms with E-state index in [-0.39, 0.29) is 37.2 Å². The molecule has 9 heteroatoms. The van der Waals surface area contributed by atoms with Gasteiger partial charge in [0.1, 0.15) is 0 Å². The first-order valence-corrected chi connectivity index (χ1v) is 17.0. The van der Waals surface area contributed by atoms with E-state index in [2.05, 4.69) is 71.9 Å². The Hall–Kier alpha value is -3.50. The van der Waals surface area contributed by atoms with Crippen molar-refractivity contribution in [1.82, 2.24) is 20.8 Å². The molecule has 0 spiro atoms. The molecule has 0 fully saturated rings. The number of hydrogen-bond donors (Lipinski definition) is 4. The third kappa shape index (κ3) is 8.82. The number of H-pyrrole nitrogens is 1. The lowest BCUT2D eigenvalue weighted by Crippen LogP contribution is -2.60. The molecule has 0 saturated carbocycles. The summed E-state index contributed by atoms with van der Waals surface area (Å²) in [5.74, 6) is -0.929. The molecule has 4 atom stereocenters. The average Bonchev–Trinajstić information content (AvgIpc) is 3.61. The van der Waals surface area contributed by atoms with E-state index in [0.717, 1.165) is 17.7 Å². The number of aryl methyl sites for hydroxylation is 1. The highest BCUT2D eigenvalue weighted by Gasteiger charge is 2.46. The van der Waals surface area contributed by atoms with Crippen LogP contribution in [0.25, 0.3) is 10.8 Å². The third-order valence-electron chi connectivity index (χ3n) is 8.81. The molecule has 0 aliphatic carbocycles. The summed E-state index contributed by atoms with van der Waals surface area (Å²) >= 11 is 1.50. The minimum Gasteiger partial charge on any atom is -0.479 e. The van der Waals surface area contributed by atoms with E-state index in [1.54, 1.807) is 6.33 Å². The Morgan fingerprint density at radius 2 is 1.78 bits per heavy atom. The maximum atomic E-state index is 13.6. The average molecular weight is 631 g/mol. The van der Waals surface area contributed by atoms with Crippen molar-refractivity contribution >= 4 is 34.3 Å². The van der Waals surface area contributed by atoms with Crippen molar-refractivity contribution in [2.75, 3.05) is 18.6 Å². The molecule has 0 bridgehead atoms. The van der Waals surface area contributed by atoms with Crippen molar-refractivity contribution in [2.24, 2.45) is 5.92 Å². The number of imidazole rings is 1. The monoisotopic (exact) mass is 630 g/mol. The fourth-order valence-corrected chi connectivity index (χ4v) is 6.23. The van der Waals surface area contributed by atoms with Gasteiger partial charge in [0.15, 0.2) is 11.3 Å². The van der Waals surface area contributed by atoms with Gasteiger partial charge in [-0.3, -0.25) is 9.63 Å². The Labute approximate surface area is 270 Å². The Morgan fingerprint density at radius 1 is 1.04 bits per heavy atom. The summed E-state index contributed by atoms with van der Waals surface area (Å²) in [6, 6.07) is 24.3. The molecular formula is C36H46N4O4S. The number of rotatable bonds is 19. The van der Waals surface area contributed by atoms with Crippen LogP contribution in [0.15, 0.2) is 85.3 Å². The zero-order valence-electron chi connectivity index (χ0n) is 26.7. The van der Waals surface area contributed by atoms with Gasteiger partial charge in [0.25, 0.3) is 0 Å². The highest BCUT2D eigenvalue weighted by Crippen LogP contribution is 2.28. The van der Waals surface area contributed by atoms with Gasteiger partial charge in [0, 0.05) is 18.7 Å². The van der Waals surface area contributed by atoms with Crippen molar-refractivity contribution in [1.29, 1.82) is 0 Å². The van der Waals surface area contributed by atoms with Crippen molar-refractivity contribution < 1.29 is 19.5 Å². The molecule has 8 nitrogen and oxygen atoms in total. The largest absolute Gasteiger partial charge is 0.479 e. The standard InChI is InChI=1S/C36H46N4O4S/c1-5-26(2)31(24-44-40-36(34(42)43,19-20-45-4)33(41)18-16-27-11-7-6-8-12-27)39-35(3,32-23-37-25-38-32)22-28-15-17-29-13-9-10-14-30(29)21-28/h6-15,17,21,23,25-26,31,39-40H,5,16,18-20,22,24H2,1-4H3,(H,37,38)(H,42,43). The minimum atomic E-state index is -1.84. The zero-order chi connectivity index (χ0) is 32.3. The van der Waals surface area contributed by atoms with Crippen molar-refractivity contribution in [3.63, 3.8) is 0 Å². The number of carbonyl (C=O) groups excluding carboxylic acids is 1. The number of thioether (sulfide) groups is 1. The van der Waals surface area contributed by atoms with Gasteiger partial charge in [0.05, 0.1) is 24.2 Å². The number of hydroxylamine groups is 1. The predicted octanol–water partition coefficient (Wildman–Crippen LogP) is 6.32. The number of benzene rings is 3. The number of nitrogens with zero attached hydrogens (tertiary/aromatic N) is 1. The smallest absolute Gasteiger partial charge is 0.333 e. The molecule has 0 aliphatic rings. The van der Waals surface area contributed by atoms with Gasteiger partial charge >= 0.3 is 5.97 Å². The fourth-order valence-electron chi connectivity index (χ4n) is 5.72. The zero-order valence-corrected chi connectivity index (χ0v) is 27.5. The van der Waals surface area contributed by atoms with E-state index < -0.39 is 17.0 Å². The van der Waals surface area contributed by atoms with Gasteiger partial charge < -0.3 is 15.4 Å². The summed E-state index contributed by atoms with van der Waals surface area (Å²) in [6.45, 7) is 6.58. The Kier molecular flexibility index (Phi) is 12.4. The van der Waals surface area contributed by atoms with Crippen LogP contribution >= 0.6 is 11.8 Å². The number of carboxylic acid groups (broad SMARTS) is 1. The van der Waals surface area contributed by atoms with Crippen LogP contribution in [0.4, 0.5) is 0 Å². The summed E-state index contributed by atoms with van der Waals surface area (Å²) in [6.07, 6.45) is 7.66. The number of ketones is 1. The third-order valence-corrected chi connectivity index (χ3v) is 9.43. The summed E-state index contributed by atoms with van der Waals surface area (Å²) < 4.78 is 0. The van der Waals surface area contributed by atoms with E-state index in [0.29, 0.717) is 18.6 Å². The lowest BCUT2D eigenvalue weighted by Gasteiger charge is -2.37. The molecular weight excluding hydrogens is 584 g/mol. The van der Waals surface area contributed by atoms with Crippen LogP contribution < -0.4 is 10.8 Å². The normalized spacial score (nSPS) is 15.6. The first-order valence-electron chi connectivity index (χ1n) is 15.6. The van der Waals surface area contributed by atoms with Crippen LogP contribution in [0.3, 0.4) is 0 Å². The second-order valence-corrected chi connectivity index (χ2v) is 13.1. The van der Waals surface area contributed by atoms with Gasteiger partial charge in [-0.05, 0) is 66.0 Å². The van der Waals surface area contributed by atoms with Crippen LogP contribution in [-0.2, 0) is 32.8 Å². The van der Waals surface area contributed by atoms with Crippen molar-refractivity contribution in [2.45, 2.75) is 70.0 Å². The summed E-state index contributed by atoms with van der Waals surface area (Å²) in [5.41, 5.74) is 3.50. The Balaban J connectivity index is 1.53. The van der Waals surface area contributed by atoms with E-state index in [1.807, 2.05) is 54.9 Å². The van der Waals surface area contributed by atoms with E-state index in [1.165, 1.54) is 28.1 Å². The van der Waals surface area contributed by atoms with Gasteiger partial charge in [-0.1, -0.05) is 93.1 Å². The number of nitrogens with one attached hydrogen (secondary N) is 3. The Morgan fingerprint density at radius 3 is 2.44 bits per heavy atom. The second-order valence-electron chi connectivity index (χ2n) is 12.1. The molecule has 3 aromatic carbocycles. The van der Waals surface area contributed by atoms with Crippen LogP contribution in [0.2, 0.25) is 0 Å². The van der Waals surface area contributed by atoms with Gasteiger partial charge in [-0.25, -0.2) is 9.78 Å². The van der Waals surface area contributed by atoms with Gasteiger partial charge in [0.2, 0.25) is 0 Å². The van der Waals surface area contributed by atoms with Gasteiger partial charge in [-0.2, -0.15) is 17.2 Å². The van der Waals surface area contributed by atoms with E-state index in [9.17, 15) is 14.7 Å². The number of hydrogen-bond acceptors (Lipinski definition) is 7. The highest BCUT2D eigenvalue weighted by atomic mass is 32.2. The molecule has 4 rings (SSSR count). The van der Waals surface area contributed by atoms with Crippen molar-refractivity contribution in [3.05, 3.63) is 102 Å². The number of fused-ring (bicyclic) bond motifs is 1. The van der Waals surface area contributed by atoms with E-state index in [4.69, 9.17) is 4.84 Å². The number of aromatic nitrogens is 2. The molecule has 0 radical (unpaired) electrons. The lowest BCUT2D eigenvalue weighted by molar-refractivity contribution is -0.160. The Bertz CT molecular complexity index is 1520. The molecule has 4 unspecified atom stereocenters. The fraction of sp³-hybridized carbons (Fsp3) is 0.417. The quantitative estimate of drug-likeness (QED) is 0.0702. The van der Waals surface area contributed by atoms with Crippen molar-refractivity contribution in [3.8, 4) is 0 Å². The maximum absolute atomic E-state index is 13.6.